The van der Waals surface area contributed by atoms with Crippen molar-refractivity contribution in [1.29, 1.82) is 0 Å². The third-order valence-electron chi connectivity index (χ3n) is 1.76. The smallest absolute Gasteiger partial charge is 0.325 e. The molecule has 1 saturated carbocycles. The molecule has 0 unspecified atom stereocenters. The molecule has 0 spiro atoms. The Morgan fingerprint density at radius 2 is 2.15 bits per heavy atom. The van der Waals surface area contributed by atoms with Crippen molar-refractivity contribution in [3.63, 3.8) is 0 Å². The molecule has 2 nitrogen and oxygen atoms in total. The van der Waals surface area contributed by atoms with Crippen LogP contribution in [-0.2, 0) is 6.30 Å². The largest absolute Gasteiger partial charge is 1.00 e. The van der Waals surface area contributed by atoms with E-state index in [9.17, 15) is 13.2 Å². The normalized spacial score (nSPS) is 21.0. The van der Waals surface area contributed by atoms with Crippen molar-refractivity contribution in [2.24, 2.45) is 0 Å². The molecule has 0 aromatic carbocycles. The molecule has 0 bridgehead atoms. The zero-order valence-electron chi connectivity index (χ0n) is 7.04. The number of rotatable bonds is 1. The van der Waals surface area contributed by atoms with E-state index in [1.165, 1.54) is 6.20 Å². The Kier molecular flexibility index (Phi) is 3.62. The van der Waals surface area contributed by atoms with Gasteiger partial charge in [-0.1, -0.05) is 0 Å². The molecule has 0 radical (unpaired) electrons. The monoisotopic (exact) mass is 214 g/mol. The van der Waals surface area contributed by atoms with Crippen LogP contribution in [-0.4, -0.2) is 9.78 Å². The van der Waals surface area contributed by atoms with E-state index in [1.807, 2.05) is 6.42 Å². The van der Waals surface area contributed by atoms with Gasteiger partial charge in [-0.25, -0.2) is 0 Å². The number of halogens is 3. The molecule has 1 atom stereocenters. The van der Waals surface area contributed by atoms with E-state index in [1.54, 1.807) is 0 Å². The first-order chi connectivity index (χ1) is 5.57. The summed E-state index contributed by atoms with van der Waals surface area (Å²) in [7, 11) is 0. The van der Waals surface area contributed by atoms with Crippen LogP contribution < -0.4 is 51.4 Å². The molecule has 0 aliphatic heterocycles. The molecule has 2 rings (SSSR count). The molecular formula is C7H6F3KN2. The summed E-state index contributed by atoms with van der Waals surface area (Å²) in [5, 5.41) is 3.22. The van der Waals surface area contributed by atoms with Gasteiger partial charge in [-0.05, 0) is 5.56 Å². The number of hydrogen-bond donors (Lipinski definition) is 0. The molecule has 0 N–H and O–H groups in total. The number of nitrogens with zero attached hydrogens (tertiary/aromatic N) is 2. The predicted octanol–water partition coefficient (Wildman–Crippen LogP) is -0.945. The first-order valence-electron chi connectivity index (χ1n) is 3.52. The molecule has 1 aromatic heterocycles. The number of aromatic nitrogens is 2. The second kappa shape index (κ2) is 4.02. The summed E-state index contributed by atoms with van der Waals surface area (Å²) in [5.74, 6) is 0.195. The summed E-state index contributed by atoms with van der Waals surface area (Å²) in [6.45, 7) is 0. The molecule has 0 saturated heterocycles. The molecule has 13 heavy (non-hydrogen) atoms. The molecule has 1 heterocycles. The van der Waals surface area contributed by atoms with Crippen LogP contribution in [0.1, 0.15) is 17.9 Å². The van der Waals surface area contributed by atoms with Gasteiger partial charge in [-0.3, -0.25) is 0 Å². The van der Waals surface area contributed by atoms with Crippen LogP contribution >= 0.6 is 0 Å². The third-order valence-corrected chi connectivity index (χ3v) is 1.76. The van der Waals surface area contributed by atoms with Crippen LogP contribution in [0, 0.1) is 6.42 Å². The van der Waals surface area contributed by atoms with Crippen molar-refractivity contribution in [2.75, 3.05) is 0 Å². The van der Waals surface area contributed by atoms with Gasteiger partial charge in [0.15, 0.2) is 0 Å². The Morgan fingerprint density at radius 3 is 2.54 bits per heavy atom. The topological polar surface area (TPSA) is 17.8 Å². The average Bonchev–Trinajstić information content (AvgIpc) is 2.66. The first-order valence-corrected chi connectivity index (χ1v) is 3.52. The Balaban J connectivity index is 0.000000845. The van der Waals surface area contributed by atoms with Gasteiger partial charge in [0.05, 0.1) is 6.20 Å². The summed E-state index contributed by atoms with van der Waals surface area (Å²) in [6, 6.07) is 0. The Morgan fingerprint density at radius 1 is 1.54 bits per heavy atom. The zero-order valence-corrected chi connectivity index (χ0v) is 10.2. The summed E-state index contributed by atoms with van der Waals surface area (Å²) < 4.78 is 36.0. The van der Waals surface area contributed by atoms with Crippen molar-refractivity contribution in [1.82, 2.24) is 9.78 Å². The number of alkyl halides is 3. The standard InChI is InChI=1S/C7H6F3N2.K/c8-7(9,10)12-4-6(3-11-12)5-1-2-5;/h1,3-5H,2H2;/q-1;+1/t5-;/m0./s1. The minimum absolute atomic E-state index is 0. The third kappa shape index (κ3) is 2.79. The zero-order chi connectivity index (χ0) is 8.77. The minimum atomic E-state index is -4.38. The second-order valence-electron chi connectivity index (χ2n) is 2.76. The van der Waals surface area contributed by atoms with Gasteiger partial charge in [-0.2, -0.15) is 22.1 Å². The van der Waals surface area contributed by atoms with Gasteiger partial charge < -0.3 is 6.42 Å². The van der Waals surface area contributed by atoms with E-state index in [4.69, 9.17) is 0 Å². The maximum absolute atomic E-state index is 12.0. The maximum Gasteiger partial charge on any atom is 1.00 e. The van der Waals surface area contributed by atoms with Crippen molar-refractivity contribution < 1.29 is 64.6 Å². The fraction of sp³-hybridized carbons (Fsp3) is 0.429. The van der Waals surface area contributed by atoms with E-state index in [-0.39, 0.29) is 62.0 Å². The molecular weight excluding hydrogens is 208 g/mol. The molecule has 1 aliphatic carbocycles. The van der Waals surface area contributed by atoms with Crippen LogP contribution in [0.5, 0.6) is 0 Å². The summed E-state index contributed by atoms with van der Waals surface area (Å²) in [4.78, 5) is 0. The first kappa shape index (κ1) is 11.7. The van der Waals surface area contributed by atoms with E-state index < -0.39 is 6.30 Å². The molecule has 1 aliphatic rings. The van der Waals surface area contributed by atoms with Crippen molar-refractivity contribution in [2.45, 2.75) is 18.6 Å². The van der Waals surface area contributed by atoms with Gasteiger partial charge in [0, 0.05) is 6.20 Å². The van der Waals surface area contributed by atoms with E-state index in [2.05, 4.69) is 5.10 Å². The van der Waals surface area contributed by atoms with E-state index in [0.717, 1.165) is 12.6 Å². The van der Waals surface area contributed by atoms with Crippen molar-refractivity contribution in [3.05, 3.63) is 24.4 Å². The van der Waals surface area contributed by atoms with Crippen LogP contribution in [0.4, 0.5) is 13.2 Å². The quantitative estimate of drug-likeness (QED) is 0.435. The molecule has 66 valence electrons. The summed E-state index contributed by atoms with van der Waals surface area (Å²) in [5.41, 5.74) is 0.646. The predicted molar refractivity (Wildman–Crippen MR) is 35.2 cm³/mol. The van der Waals surface area contributed by atoms with Gasteiger partial charge in [0.1, 0.15) is 0 Å². The maximum atomic E-state index is 12.0. The van der Waals surface area contributed by atoms with Crippen LogP contribution in [0.3, 0.4) is 0 Å². The Bertz CT molecular complexity index is 290. The van der Waals surface area contributed by atoms with Crippen LogP contribution in [0.25, 0.3) is 0 Å². The van der Waals surface area contributed by atoms with Gasteiger partial charge in [-0.15, -0.1) is 13.2 Å². The fourth-order valence-electron chi connectivity index (χ4n) is 1.01. The van der Waals surface area contributed by atoms with Crippen molar-refractivity contribution in [3.8, 4) is 0 Å². The van der Waals surface area contributed by atoms with Gasteiger partial charge in [0.2, 0.25) is 0 Å². The molecule has 0 amide bonds. The summed E-state index contributed by atoms with van der Waals surface area (Å²) in [6.07, 6.45) is 0.726. The van der Waals surface area contributed by atoms with E-state index >= 15 is 0 Å². The molecule has 1 fully saturated rings. The minimum Gasteiger partial charge on any atom is -0.325 e. The summed E-state index contributed by atoms with van der Waals surface area (Å²) >= 11 is 0. The second-order valence-corrected chi connectivity index (χ2v) is 2.76. The van der Waals surface area contributed by atoms with Crippen LogP contribution in [0.15, 0.2) is 12.4 Å². The van der Waals surface area contributed by atoms with Gasteiger partial charge in [0.25, 0.3) is 0 Å². The average molecular weight is 214 g/mol. The Labute approximate surface area is 116 Å². The Hall–Kier alpha value is 0.636. The SMILES string of the molecule is FC(F)(F)n1cc([C@H]2[CH-]C2)cn1.[K+]. The molecule has 6 heteroatoms. The van der Waals surface area contributed by atoms with Gasteiger partial charge >= 0.3 is 57.7 Å². The fourth-order valence-corrected chi connectivity index (χ4v) is 1.01. The van der Waals surface area contributed by atoms with Crippen molar-refractivity contribution >= 4 is 0 Å². The molecule has 1 aromatic rings. The van der Waals surface area contributed by atoms with E-state index in [0.29, 0.717) is 5.56 Å². The van der Waals surface area contributed by atoms with Crippen LogP contribution in [0.2, 0.25) is 0 Å². The number of hydrogen-bond acceptors (Lipinski definition) is 1.